The number of amides is 3. The Morgan fingerprint density at radius 3 is 1.65 bits per heavy atom. The van der Waals surface area contributed by atoms with Gasteiger partial charge in [-0.25, -0.2) is 22.4 Å². The molecule has 0 spiro atoms. The average molecular weight is 1170 g/mol. The van der Waals surface area contributed by atoms with Gasteiger partial charge in [0.15, 0.2) is 18.3 Å². The summed E-state index contributed by atoms with van der Waals surface area (Å²) in [6.45, 7) is 11.5. The van der Waals surface area contributed by atoms with Crippen molar-refractivity contribution in [1.82, 2.24) is 5.32 Å². The second-order valence-corrected chi connectivity index (χ2v) is 22.9. The fourth-order valence-corrected chi connectivity index (χ4v) is 10.1. The van der Waals surface area contributed by atoms with E-state index < -0.39 is 102 Å². The molecule has 10 atom stereocenters. The molecule has 1 saturated heterocycles. The number of esters is 1. The maximum absolute atomic E-state index is 13.9. The number of nitrogens with one attached hydrogen (secondary N) is 1. The fourth-order valence-electron chi connectivity index (χ4n) is 8.05. The molecule has 0 aromatic heterocycles. The number of thioether (sulfide) groups is 2. The van der Waals surface area contributed by atoms with Crippen molar-refractivity contribution in [3.8, 4) is 0 Å². The lowest BCUT2D eigenvalue weighted by atomic mass is 9.94. The van der Waals surface area contributed by atoms with Gasteiger partial charge in [0.1, 0.15) is 59.8 Å². The molecule has 3 amide bonds. The van der Waals surface area contributed by atoms with Crippen molar-refractivity contribution >= 4 is 71.0 Å². The first kappa shape index (κ1) is 66.1. The third-order valence-corrected chi connectivity index (χ3v) is 14.3. The zero-order chi connectivity index (χ0) is 57.8. The van der Waals surface area contributed by atoms with Crippen LogP contribution in [0.2, 0.25) is 0 Å². The van der Waals surface area contributed by atoms with Crippen LogP contribution in [-0.4, -0.2) is 136 Å². The van der Waals surface area contributed by atoms with Crippen LogP contribution in [0.4, 0.5) is 28.9 Å². The Morgan fingerprint density at radius 1 is 0.734 bits per heavy atom. The molecular weight excluding hydrogens is 1100 g/mol. The van der Waals surface area contributed by atoms with Crippen LogP contribution in [-0.2, 0) is 46.5 Å². The number of aliphatic hydroxyl groups is 5. The van der Waals surface area contributed by atoms with E-state index in [4.69, 9.17) is 19.9 Å². The van der Waals surface area contributed by atoms with Gasteiger partial charge in [0.2, 0.25) is 5.91 Å². The van der Waals surface area contributed by atoms with Crippen LogP contribution in [0.5, 0.6) is 0 Å². The van der Waals surface area contributed by atoms with Crippen LogP contribution in [0, 0.1) is 34.1 Å². The van der Waals surface area contributed by atoms with Gasteiger partial charge < -0.3 is 60.6 Å². The van der Waals surface area contributed by atoms with Gasteiger partial charge in [-0.3, -0.25) is 14.4 Å². The topological polar surface area (TPSA) is 242 Å². The molecule has 0 radical (unpaired) electrons. The first-order chi connectivity index (χ1) is 36.6. The van der Waals surface area contributed by atoms with Gasteiger partial charge in [-0.05, 0) is 70.5 Å². The zero-order valence-corrected chi connectivity index (χ0v) is 47.2. The molecule has 3 heterocycles. The molecule has 0 saturated carbocycles. The van der Waals surface area contributed by atoms with Crippen LogP contribution < -0.4 is 20.9 Å². The minimum absolute atomic E-state index is 0. The molecule has 79 heavy (non-hydrogen) atoms. The lowest BCUT2D eigenvalue weighted by molar-refractivity contribution is -0.151. The highest BCUT2D eigenvalue weighted by molar-refractivity contribution is 7.99. The molecule has 1 fully saturated rings. The molecule has 3 aliphatic rings. The normalized spacial score (nSPS) is 21.4. The highest BCUT2D eigenvalue weighted by Crippen LogP contribution is 2.37. The molecule has 3 aliphatic heterocycles. The Morgan fingerprint density at radius 2 is 1.19 bits per heavy atom. The summed E-state index contributed by atoms with van der Waals surface area (Å²) >= 11 is 2.81. The molecule has 4 aromatic carbocycles. The summed E-state index contributed by atoms with van der Waals surface area (Å²) in [5.41, 5.74) is 7.37. The summed E-state index contributed by atoms with van der Waals surface area (Å²) in [4.78, 5) is 55.0. The number of para-hydroxylation sites is 2. The van der Waals surface area contributed by atoms with E-state index in [9.17, 15) is 62.3 Å². The summed E-state index contributed by atoms with van der Waals surface area (Å²) in [5.74, 6) is -4.60. The largest absolute Gasteiger partial charge is 0.454 e. The van der Waals surface area contributed by atoms with Crippen molar-refractivity contribution in [3.05, 3.63) is 144 Å². The molecule has 0 aliphatic carbocycles. The summed E-state index contributed by atoms with van der Waals surface area (Å²) in [7, 11) is 2.47. The van der Waals surface area contributed by atoms with Crippen molar-refractivity contribution in [2.24, 2.45) is 16.6 Å². The van der Waals surface area contributed by atoms with Gasteiger partial charge >= 0.3 is 5.97 Å². The molecule has 0 bridgehead atoms. The highest BCUT2D eigenvalue weighted by atomic mass is 35.5. The van der Waals surface area contributed by atoms with E-state index in [-0.39, 0.29) is 53.6 Å². The maximum atomic E-state index is 13.9. The summed E-state index contributed by atoms with van der Waals surface area (Å²) in [6, 6.07) is 18.9. The SMILES string of the molecule is CO[C@@H](C(=O)N[C@H]1CSc2ccccc2N(Cc2cc(F)cc(F)c2)C1=O)[C@H](O)[C@@H](O)[C@H](O)/C=C/C(C)(C)C.CO[C@H]1C(=O)O[C@@H]([C@H](O)/C=C/C(C)(C)C)[C@H]1O.Cl.N[C@H]1CSc2ccccc2N(Cc2cc(F)cc(F)c2)C1=O. The second-order valence-electron chi connectivity index (χ2n) is 20.7. The van der Waals surface area contributed by atoms with Crippen LogP contribution in [0.1, 0.15) is 52.7 Å². The van der Waals surface area contributed by atoms with Crippen LogP contribution in [0.25, 0.3) is 0 Å². The molecule has 7 rings (SSSR count). The number of aliphatic hydroxyl groups excluding tert-OH is 5. The quantitative estimate of drug-likeness (QED) is 0.0411. The number of methoxy groups -OCH3 is 2. The Balaban J connectivity index is 0.000000282. The third kappa shape index (κ3) is 18.9. The molecule has 432 valence electrons. The Hall–Kier alpha value is -5.37. The summed E-state index contributed by atoms with van der Waals surface area (Å²) in [6.07, 6.45) is -4.49. The average Bonchev–Trinajstić information content (AvgIpc) is 3.54. The minimum Gasteiger partial charge on any atom is -0.454 e. The number of ether oxygens (including phenoxy) is 3. The number of carbonyl (C=O) groups is 4. The number of hydrogen-bond acceptors (Lipinski definition) is 15. The Kier molecular flexibility index (Phi) is 24.6. The smallest absolute Gasteiger partial charge is 0.338 e. The van der Waals surface area contributed by atoms with Crippen molar-refractivity contribution in [2.45, 2.75) is 125 Å². The van der Waals surface area contributed by atoms with Crippen LogP contribution in [0.15, 0.2) is 119 Å². The van der Waals surface area contributed by atoms with Gasteiger partial charge in [-0.2, -0.15) is 0 Å². The first-order valence-electron chi connectivity index (χ1n) is 24.7. The molecule has 0 unspecified atom stereocenters. The lowest BCUT2D eigenvalue weighted by Crippen LogP contribution is -2.56. The number of anilines is 2. The molecule has 8 N–H and O–H groups in total. The number of fused-ring (bicyclic) bond motifs is 2. The predicted octanol–water partition coefficient (Wildman–Crippen LogP) is 6.39. The highest BCUT2D eigenvalue weighted by Gasteiger charge is 2.47. The second kappa shape index (κ2) is 29.4. The van der Waals surface area contributed by atoms with Gasteiger partial charge in [0, 0.05) is 47.6 Å². The van der Waals surface area contributed by atoms with E-state index in [1.165, 1.54) is 64.7 Å². The number of carbonyl (C=O) groups excluding carboxylic acids is 4. The zero-order valence-electron chi connectivity index (χ0n) is 44.8. The fraction of sp³-hybridized carbons (Fsp3) is 0.429. The summed E-state index contributed by atoms with van der Waals surface area (Å²) in [5, 5.41) is 53.5. The van der Waals surface area contributed by atoms with Gasteiger partial charge in [-0.1, -0.05) is 90.1 Å². The van der Waals surface area contributed by atoms with Gasteiger partial charge in [0.25, 0.3) is 11.8 Å². The van der Waals surface area contributed by atoms with Gasteiger partial charge in [0.05, 0.1) is 30.5 Å². The Bertz CT molecular complexity index is 2750. The monoisotopic (exact) mass is 1160 g/mol. The Labute approximate surface area is 471 Å². The number of halogens is 5. The van der Waals surface area contributed by atoms with Crippen molar-refractivity contribution in [2.75, 3.05) is 35.5 Å². The van der Waals surface area contributed by atoms with Crippen LogP contribution >= 0.6 is 35.9 Å². The van der Waals surface area contributed by atoms with Crippen LogP contribution in [0.3, 0.4) is 0 Å². The van der Waals surface area contributed by atoms with E-state index in [1.807, 2.05) is 65.8 Å². The number of nitrogens with zero attached hydrogens (tertiary/aromatic N) is 2. The standard InChI is InChI=1S/C28H34F2N2O6S.C16H14F2N2OS.C12H20O5.ClH/c1-28(2,3)10-9-21(33)23(34)24(35)25(38-4)26(36)31-19-15-39-22-8-6-5-7-20(22)32(27(19)37)14-16-11-17(29)13-18(30)12-16;17-11-5-10(6-12(18)7-11)8-20-14-3-1-2-4-15(14)22-9-13(19)16(20)21;1-12(2,3)6-5-7(13)9-8(14)10(16-4)11(15)17-9;/h5-13,19,21,23-25,33-35H,14-15H2,1-4H3,(H,31,36);1-7,13H,8-9,19H2;5-10,13-14H,1-4H3;1H/b10-9+;;6-5+;/t19-,21+,23-,24+,25+;13-;7-,8-,9+,10-;/m001./s1. The number of cyclic esters (lactones) is 1. The number of nitrogens with two attached hydrogens (primary N) is 1. The number of allylic oxidation sites excluding steroid dienone is 2. The maximum Gasteiger partial charge on any atom is 0.338 e. The minimum atomic E-state index is -1.81. The molecular formula is C56H69ClF4N4O12S2. The van der Waals surface area contributed by atoms with E-state index in [1.54, 1.807) is 36.4 Å². The predicted molar refractivity (Wildman–Crippen MR) is 295 cm³/mol. The third-order valence-electron chi connectivity index (χ3n) is 12.0. The van der Waals surface area contributed by atoms with Gasteiger partial charge in [-0.15, -0.1) is 35.9 Å². The molecule has 4 aromatic rings. The summed E-state index contributed by atoms with van der Waals surface area (Å²) < 4.78 is 69.3. The van der Waals surface area contributed by atoms with Crippen molar-refractivity contribution in [1.29, 1.82) is 0 Å². The van der Waals surface area contributed by atoms with Crippen molar-refractivity contribution < 1.29 is 76.5 Å². The lowest BCUT2D eigenvalue weighted by Gasteiger charge is -2.29. The number of rotatable bonds is 14. The first-order valence-corrected chi connectivity index (χ1v) is 26.7. The number of hydrogen-bond donors (Lipinski definition) is 7. The molecule has 16 nitrogen and oxygen atoms in total. The molecule has 23 heteroatoms. The van der Waals surface area contributed by atoms with E-state index in [2.05, 4.69) is 5.32 Å². The van der Waals surface area contributed by atoms with E-state index >= 15 is 0 Å². The number of benzene rings is 4. The van der Waals surface area contributed by atoms with Crippen molar-refractivity contribution in [3.63, 3.8) is 0 Å². The van der Waals surface area contributed by atoms with E-state index in [0.29, 0.717) is 17.0 Å². The van der Waals surface area contributed by atoms with E-state index in [0.717, 1.165) is 46.9 Å².